The minimum Gasteiger partial charge on any atom is -0.378 e. The van der Waals surface area contributed by atoms with E-state index in [0.29, 0.717) is 26.2 Å². The van der Waals surface area contributed by atoms with E-state index in [0.717, 1.165) is 42.8 Å². The zero-order valence-corrected chi connectivity index (χ0v) is 13.3. The predicted octanol–water partition coefficient (Wildman–Crippen LogP) is 0.488. The summed E-state index contributed by atoms with van der Waals surface area (Å²) in [6, 6.07) is 0. The Morgan fingerprint density at radius 3 is 2.81 bits per heavy atom. The number of aromatic nitrogens is 3. The summed E-state index contributed by atoms with van der Waals surface area (Å²) in [6.45, 7) is 6.01. The molecule has 0 bridgehead atoms. The van der Waals surface area contributed by atoms with Crippen LogP contribution in [0.4, 0.5) is 0 Å². The van der Waals surface area contributed by atoms with E-state index >= 15 is 0 Å². The van der Waals surface area contributed by atoms with Gasteiger partial charge >= 0.3 is 0 Å². The highest BCUT2D eigenvalue weighted by molar-refractivity contribution is 7.99. The number of thioether (sulfide) groups is 1. The van der Waals surface area contributed by atoms with Crippen molar-refractivity contribution in [2.45, 2.75) is 38.0 Å². The van der Waals surface area contributed by atoms with Gasteiger partial charge in [0, 0.05) is 31.8 Å². The number of hydrogen-bond acceptors (Lipinski definition) is 6. The lowest BCUT2D eigenvalue weighted by Gasteiger charge is -2.26. The van der Waals surface area contributed by atoms with Gasteiger partial charge in [-0.2, -0.15) is 0 Å². The van der Waals surface area contributed by atoms with Crippen LogP contribution in [0.25, 0.3) is 0 Å². The highest BCUT2D eigenvalue weighted by Gasteiger charge is 2.16. The van der Waals surface area contributed by atoms with E-state index < -0.39 is 0 Å². The van der Waals surface area contributed by atoms with Crippen LogP contribution in [0.1, 0.15) is 25.6 Å². The van der Waals surface area contributed by atoms with E-state index in [1.54, 1.807) is 11.8 Å². The number of carbonyl (C=O) groups excluding carboxylic acids is 1. The second-order valence-electron chi connectivity index (χ2n) is 4.79. The van der Waals surface area contributed by atoms with Crippen molar-refractivity contribution in [3.05, 3.63) is 5.82 Å². The van der Waals surface area contributed by atoms with Gasteiger partial charge in [-0.25, -0.2) is 0 Å². The molecule has 21 heavy (non-hydrogen) atoms. The Bertz CT molecular complexity index is 459. The van der Waals surface area contributed by atoms with Gasteiger partial charge in [0.05, 0.1) is 19.8 Å². The Hall–Kier alpha value is -1.12. The van der Waals surface area contributed by atoms with Crippen molar-refractivity contribution in [1.82, 2.24) is 19.7 Å². The fraction of sp³-hybridized carbons (Fsp3) is 0.769. The molecular weight excluding hydrogens is 290 g/mol. The molecule has 0 aromatic carbocycles. The molecule has 0 saturated carbocycles. The summed E-state index contributed by atoms with van der Waals surface area (Å²) in [5.41, 5.74) is 5.62. The fourth-order valence-electron chi connectivity index (χ4n) is 2.25. The molecular formula is C13H23N5O2S. The van der Waals surface area contributed by atoms with Crippen LogP contribution in [0, 0.1) is 0 Å². The molecule has 0 radical (unpaired) electrons. The largest absolute Gasteiger partial charge is 0.378 e. The first-order valence-electron chi connectivity index (χ1n) is 7.36. The van der Waals surface area contributed by atoms with Gasteiger partial charge in [-0.1, -0.05) is 11.8 Å². The third kappa shape index (κ3) is 4.42. The van der Waals surface area contributed by atoms with Crippen molar-refractivity contribution in [2.24, 2.45) is 5.73 Å². The molecule has 1 amide bonds. The zero-order valence-electron chi connectivity index (χ0n) is 12.5. The van der Waals surface area contributed by atoms with Crippen molar-refractivity contribution in [1.29, 1.82) is 0 Å². The van der Waals surface area contributed by atoms with Crippen LogP contribution >= 0.6 is 11.8 Å². The highest BCUT2D eigenvalue weighted by Crippen LogP contribution is 2.18. The molecule has 1 aromatic heterocycles. The average molecular weight is 313 g/mol. The van der Waals surface area contributed by atoms with Crippen molar-refractivity contribution >= 4 is 17.7 Å². The van der Waals surface area contributed by atoms with Gasteiger partial charge in [0.25, 0.3) is 0 Å². The first-order valence-corrected chi connectivity index (χ1v) is 8.35. The Morgan fingerprint density at radius 2 is 2.14 bits per heavy atom. The van der Waals surface area contributed by atoms with Gasteiger partial charge in [0.15, 0.2) is 5.16 Å². The molecule has 1 aliphatic rings. The SMILES string of the molecule is CCn1c(CN)nnc1SCCCC(=O)N1CCOCC1. The number of amides is 1. The summed E-state index contributed by atoms with van der Waals surface area (Å²) < 4.78 is 7.27. The topological polar surface area (TPSA) is 86.3 Å². The average Bonchev–Trinajstić information content (AvgIpc) is 2.94. The van der Waals surface area contributed by atoms with E-state index in [1.165, 1.54) is 0 Å². The van der Waals surface area contributed by atoms with Gasteiger partial charge in [-0.15, -0.1) is 10.2 Å². The number of carbonyl (C=O) groups is 1. The Balaban J connectivity index is 1.72. The minimum atomic E-state index is 0.221. The molecule has 0 aliphatic carbocycles. The molecule has 0 unspecified atom stereocenters. The van der Waals surface area contributed by atoms with Gasteiger partial charge in [-0.3, -0.25) is 4.79 Å². The Labute approximate surface area is 129 Å². The molecule has 1 aliphatic heterocycles. The fourth-order valence-corrected chi connectivity index (χ4v) is 3.21. The molecule has 0 spiro atoms. The van der Waals surface area contributed by atoms with Crippen molar-refractivity contribution in [2.75, 3.05) is 32.1 Å². The van der Waals surface area contributed by atoms with Crippen molar-refractivity contribution < 1.29 is 9.53 Å². The molecule has 2 N–H and O–H groups in total. The summed E-state index contributed by atoms with van der Waals surface area (Å²) in [5.74, 6) is 1.89. The maximum Gasteiger partial charge on any atom is 0.222 e. The summed E-state index contributed by atoms with van der Waals surface area (Å²) in [4.78, 5) is 13.9. The molecule has 0 atom stereocenters. The summed E-state index contributed by atoms with van der Waals surface area (Å²) in [5, 5.41) is 9.11. The van der Waals surface area contributed by atoms with Crippen LogP contribution in [0.15, 0.2) is 5.16 Å². The van der Waals surface area contributed by atoms with E-state index in [4.69, 9.17) is 10.5 Å². The molecule has 1 saturated heterocycles. The van der Waals surface area contributed by atoms with Crippen LogP contribution in [0.5, 0.6) is 0 Å². The molecule has 1 fully saturated rings. The first kappa shape index (κ1) is 16.3. The Kier molecular flexibility index (Phi) is 6.47. The smallest absolute Gasteiger partial charge is 0.222 e. The second-order valence-corrected chi connectivity index (χ2v) is 5.85. The number of nitrogens with two attached hydrogens (primary N) is 1. The number of ether oxygens (including phenoxy) is 1. The van der Waals surface area contributed by atoms with E-state index in [-0.39, 0.29) is 5.91 Å². The lowest BCUT2D eigenvalue weighted by Crippen LogP contribution is -2.40. The number of rotatable bonds is 7. The number of hydrogen-bond donors (Lipinski definition) is 1. The molecule has 2 rings (SSSR count). The quantitative estimate of drug-likeness (QED) is 0.582. The third-order valence-corrected chi connectivity index (χ3v) is 4.48. The van der Waals surface area contributed by atoms with Crippen molar-refractivity contribution in [3.8, 4) is 0 Å². The van der Waals surface area contributed by atoms with E-state index in [2.05, 4.69) is 17.1 Å². The molecule has 1 aromatic rings. The summed E-state index contributed by atoms with van der Waals surface area (Å²) in [6.07, 6.45) is 1.42. The highest BCUT2D eigenvalue weighted by atomic mass is 32.2. The zero-order chi connectivity index (χ0) is 15.1. The normalized spacial score (nSPS) is 15.4. The van der Waals surface area contributed by atoms with Crippen LogP contribution in [0.2, 0.25) is 0 Å². The maximum atomic E-state index is 12.0. The van der Waals surface area contributed by atoms with E-state index in [1.807, 2.05) is 9.47 Å². The lowest BCUT2D eigenvalue weighted by atomic mass is 10.3. The van der Waals surface area contributed by atoms with E-state index in [9.17, 15) is 4.79 Å². The van der Waals surface area contributed by atoms with Gasteiger partial charge in [0.1, 0.15) is 5.82 Å². The molecule has 2 heterocycles. The van der Waals surface area contributed by atoms with Crippen LogP contribution in [-0.4, -0.2) is 57.6 Å². The summed E-state index contributed by atoms with van der Waals surface area (Å²) in [7, 11) is 0. The van der Waals surface area contributed by atoms with Crippen LogP contribution in [0.3, 0.4) is 0 Å². The van der Waals surface area contributed by atoms with Gasteiger partial charge < -0.3 is 19.9 Å². The van der Waals surface area contributed by atoms with Crippen LogP contribution < -0.4 is 5.73 Å². The second kappa shape index (κ2) is 8.35. The lowest BCUT2D eigenvalue weighted by molar-refractivity contribution is -0.135. The maximum absolute atomic E-state index is 12.0. The molecule has 118 valence electrons. The van der Waals surface area contributed by atoms with Crippen LogP contribution in [-0.2, 0) is 22.6 Å². The third-order valence-electron chi connectivity index (χ3n) is 3.42. The predicted molar refractivity (Wildman–Crippen MR) is 80.9 cm³/mol. The van der Waals surface area contributed by atoms with Gasteiger partial charge in [-0.05, 0) is 13.3 Å². The standard InChI is InChI=1S/C13H23N5O2S/c1-2-18-11(10-14)15-16-13(18)21-9-3-4-12(19)17-5-7-20-8-6-17/h2-10,14H2,1H3. The number of nitrogens with zero attached hydrogens (tertiary/aromatic N) is 4. The monoisotopic (exact) mass is 313 g/mol. The molecule has 7 nitrogen and oxygen atoms in total. The first-order chi connectivity index (χ1) is 10.3. The Morgan fingerprint density at radius 1 is 1.38 bits per heavy atom. The molecule has 8 heteroatoms. The minimum absolute atomic E-state index is 0.221. The summed E-state index contributed by atoms with van der Waals surface area (Å²) >= 11 is 1.63. The number of morpholine rings is 1. The van der Waals surface area contributed by atoms with Gasteiger partial charge in [0.2, 0.25) is 5.91 Å². The van der Waals surface area contributed by atoms with Crippen molar-refractivity contribution in [3.63, 3.8) is 0 Å².